The number of hydrogen-bond donors (Lipinski definition) is 0. The van der Waals surface area contributed by atoms with Crippen molar-refractivity contribution < 1.29 is 9.53 Å². The van der Waals surface area contributed by atoms with Gasteiger partial charge in [0.25, 0.3) is 0 Å². The van der Waals surface area contributed by atoms with Crippen LogP contribution in [-0.2, 0) is 10.3 Å². The van der Waals surface area contributed by atoms with E-state index in [1.54, 1.807) is 13.1 Å². The Morgan fingerprint density at radius 3 is 1.89 bits per heavy atom. The Kier molecular flexibility index (Phi) is 6.06. The van der Waals surface area contributed by atoms with Crippen LogP contribution in [0.2, 0.25) is 0 Å². The first-order valence-corrected chi connectivity index (χ1v) is 12.6. The molecule has 186 valence electrons. The number of aromatic nitrogens is 4. The van der Waals surface area contributed by atoms with Gasteiger partial charge in [0.05, 0.1) is 18.6 Å². The molecule has 6 heteroatoms. The lowest BCUT2D eigenvalue weighted by Crippen LogP contribution is -2.36. The first-order chi connectivity index (χ1) is 18.7. The highest BCUT2D eigenvalue weighted by Gasteiger charge is 2.38. The van der Waals surface area contributed by atoms with E-state index in [1.807, 2.05) is 47.3 Å². The average molecular weight is 499 g/mol. The third-order valence-electron chi connectivity index (χ3n) is 6.78. The van der Waals surface area contributed by atoms with Crippen molar-refractivity contribution in [3.8, 4) is 11.3 Å². The number of hydrogen-bond acceptors (Lipinski definition) is 4. The molecule has 0 atom stereocenters. The summed E-state index contributed by atoms with van der Waals surface area (Å²) in [5.74, 6) is -0.430. The fraction of sp³-hybridized carbons (Fsp3) is 0.0938. The SMILES string of the molecule is CCOC(=O)c1cn2cc(-c3cn(C(c4ccccc4)(c4ccccc4)c4ccccc4)cn3)ccc2n1. The number of rotatable bonds is 7. The predicted octanol–water partition coefficient (Wildman–Crippen LogP) is 6.21. The molecule has 0 amide bonds. The maximum absolute atomic E-state index is 12.2. The van der Waals surface area contributed by atoms with E-state index in [1.165, 1.54) is 0 Å². The van der Waals surface area contributed by atoms with Crippen LogP contribution in [0.4, 0.5) is 0 Å². The van der Waals surface area contributed by atoms with Gasteiger partial charge < -0.3 is 13.7 Å². The highest BCUT2D eigenvalue weighted by atomic mass is 16.5. The predicted molar refractivity (Wildman–Crippen MR) is 147 cm³/mol. The van der Waals surface area contributed by atoms with Crippen molar-refractivity contribution >= 4 is 11.6 Å². The van der Waals surface area contributed by atoms with Crippen molar-refractivity contribution in [1.82, 2.24) is 18.9 Å². The Balaban J connectivity index is 1.52. The molecule has 0 saturated carbocycles. The topological polar surface area (TPSA) is 61.4 Å². The third-order valence-corrected chi connectivity index (χ3v) is 6.78. The number of fused-ring (bicyclic) bond motifs is 1. The highest BCUT2D eigenvalue weighted by Crippen LogP contribution is 2.41. The monoisotopic (exact) mass is 498 g/mol. The van der Waals surface area contributed by atoms with Gasteiger partial charge in [-0.15, -0.1) is 0 Å². The Bertz CT molecular complexity index is 1590. The van der Waals surface area contributed by atoms with Gasteiger partial charge in [0, 0.05) is 24.2 Å². The van der Waals surface area contributed by atoms with E-state index in [2.05, 4.69) is 88.5 Å². The van der Waals surface area contributed by atoms with Gasteiger partial charge in [-0.1, -0.05) is 91.0 Å². The Hall–Kier alpha value is -4.97. The molecule has 0 fully saturated rings. The molecule has 0 N–H and O–H groups in total. The van der Waals surface area contributed by atoms with Gasteiger partial charge in [-0.3, -0.25) is 0 Å². The Morgan fingerprint density at radius 2 is 1.34 bits per heavy atom. The number of esters is 1. The highest BCUT2D eigenvalue weighted by molar-refractivity contribution is 5.88. The Morgan fingerprint density at radius 1 is 0.763 bits per heavy atom. The van der Waals surface area contributed by atoms with E-state index in [0.29, 0.717) is 12.3 Å². The zero-order valence-corrected chi connectivity index (χ0v) is 20.9. The molecule has 0 aliphatic rings. The second-order valence-corrected chi connectivity index (χ2v) is 9.00. The van der Waals surface area contributed by atoms with Gasteiger partial charge in [0.1, 0.15) is 11.2 Å². The van der Waals surface area contributed by atoms with Crippen LogP contribution in [0.15, 0.2) is 128 Å². The second kappa shape index (κ2) is 9.82. The summed E-state index contributed by atoms with van der Waals surface area (Å²) in [4.78, 5) is 21.4. The lowest BCUT2D eigenvalue weighted by molar-refractivity contribution is 0.0520. The molecule has 0 aliphatic heterocycles. The van der Waals surface area contributed by atoms with Crippen LogP contribution < -0.4 is 0 Å². The van der Waals surface area contributed by atoms with Crippen molar-refractivity contribution in [2.45, 2.75) is 12.5 Å². The number of ether oxygens (including phenoxy) is 1. The molecular formula is C32H26N4O2. The summed E-state index contributed by atoms with van der Waals surface area (Å²) in [7, 11) is 0. The number of pyridine rings is 1. The largest absolute Gasteiger partial charge is 0.461 e. The maximum atomic E-state index is 12.2. The van der Waals surface area contributed by atoms with Gasteiger partial charge >= 0.3 is 5.97 Å². The molecule has 3 aromatic carbocycles. The van der Waals surface area contributed by atoms with Crippen molar-refractivity contribution in [2.75, 3.05) is 6.61 Å². The second-order valence-electron chi connectivity index (χ2n) is 9.00. The summed E-state index contributed by atoms with van der Waals surface area (Å²) in [6, 6.07) is 35.4. The fourth-order valence-corrected chi connectivity index (χ4v) is 5.09. The molecule has 6 nitrogen and oxygen atoms in total. The van der Waals surface area contributed by atoms with Gasteiger partial charge in [0.15, 0.2) is 5.69 Å². The molecule has 3 heterocycles. The van der Waals surface area contributed by atoms with E-state index in [0.717, 1.165) is 27.9 Å². The van der Waals surface area contributed by atoms with Gasteiger partial charge in [-0.2, -0.15) is 0 Å². The number of carbonyl (C=O) groups is 1. The maximum Gasteiger partial charge on any atom is 0.358 e. The van der Waals surface area contributed by atoms with Gasteiger partial charge in [-0.25, -0.2) is 14.8 Å². The number of carbonyl (C=O) groups excluding carboxylic acids is 1. The van der Waals surface area contributed by atoms with Crippen molar-refractivity contribution in [3.05, 3.63) is 150 Å². The molecule has 0 spiro atoms. The summed E-state index contributed by atoms with van der Waals surface area (Å²) in [5.41, 5.74) is 5.43. The van der Waals surface area contributed by atoms with Gasteiger partial charge in [0.2, 0.25) is 0 Å². The Labute approximate surface area is 220 Å². The summed E-state index contributed by atoms with van der Waals surface area (Å²) in [6.45, 7) is 2.09. The van der Waals surface area contributed by atoms with Crippen LogP contribution in [0.3, 0.4) is 0 Å². The minimum Gasteiger partial charge on any atom is -0.461 e. The zero-order valence-electron chi connectivity index (χ0n) is 20.9. The molecular weight excluding hydrogens is 472 g/mol. The molecule has 3 aromatic heterocycles. The summed E-state index contributed by atoms with van der Waals surface area (Å²) >= 11 is 0. The molecule has 0 aliphatic carbocycles. The minimum absolute atomic E-state index is 0.283. The third kappa shape index (κ3) is 3.96. The van der Waals surface area contributed by atoms with E-state index < -0.39 is 11.5 Å². The fourth-order valence-electron chi connectivity index (χ4n) is 5.09. The van der Waals surface area contributed by atoms with Crippen molar-refractivity contribution in [1.29, 1.82) is 0 Å². The first-order valence-electron chi connectivity index (χ1n) is 12.6. The van der Waals surface area contributed by atoms with E-state index in [-0.39, 0.29) is 5.69 Å². The number of imidazole rings is 2. The van der Waals surface area contributed by atoms with E-state index >= 15 is 0 Å². The summed E-state index contributed by atoms with van der Waals surface area (Å²) < 4.78 is 9.13. The summed E-state index contributed by atoms with van der Waals surface area (Å²) in [6.07, 6.45) is 7.60. The molecule has 6 rings (SSSR count). The summed E-state index contributed by atoms with van der Waals surface area (Å²) in [5, 5.41) is 0. The molecule has 0 unspecified atom stereocenters. The van der Waals surface area contributed by atoms with Crippen LogP contribution in [0.1, 0.15) is 34.1 Å². The average Bonchev–Trinajstić information content (AvgIpc) is 3.63. The zero-order chi connectivity index (χ0) is 26.0. The van der Waals surface area contributed by atoms with Crippen LogP contribution >= 0.6 is 0 Å². The van der Waals surface area contributed by atoms with Crippen LogP contribution in [-0.4, -0.2) is 31.5 Å². The van der Waals surface area contributed by atoms with E-state index in [9.17, 15) is 4.79 Å². The lowest BCUT2D eigenvalue weighted by atomic mass is 9.77. The van der Waals surface area contributed by atoms with Crippen molar-refractivity contribution in [2.24, 2.45) is 0 Å². The van der Waals surface area contributed by atoms with Crippen molar-refractivity contribution in [3.63, 3.8) is 0 Å². The number of benzene rings is 3. The normalized spacial score (nSPS) is 11.5. The van der Waals surface area contributed by atoms with Crippen LogP contribution in [0.5, 0.6) is 0 Å². The lowest BCUT2D eigenvalue weighted by Gasteiger charge is -2.37. The quantitative estimate of drug-likeness (QED) is 0.194. The molecule has 0 radical (unpaired) electrons. The standard InChI is InChI=1S/C32H26N4O2/c1-2-38-31(37)29-21-35-20-24(18-19-30(35)34-29)28-22-36(23-33-28)32(25-12-6-3-7-13-25,26-14-8-4-9-15-26)27-16-10-5-11-17-27/h3-23H,2H2,1H3. The molecule has 38 heavy (non-hydrogen) atoms. The molecule has 0 saturated heterocycles. The van der Waals surface area contributed by atoms with E-state index in [4.69, 9.17) is 9.72 Å². The molecule has 0 bridgehead atoms. The van der Waals surface area contributed by atoms with Gasteiger partial charge in [-0.05, 0) is 35.7 Å². The van der Waals surface area contributed by atoms with Crippen LogP contribution in [0.25, 0.3) is 16.9 Å². The minimum atomic E-state index is -0.634. The first kappa shape index (κ1) is 23.4. The number of nitrogens with zero attached hydrogens (tertiary/aromatic N) is 4. The smallest absolute Gasteiger partial charge is 0.358 e. The molecule has 6 aromatic rings. The van der Waals surface area contributed by atoms with Crippen LogP contribution in [0, 0.1) is 0 Å².